The topological polar surface area (TPSA) is 312 Å². The van der Waals surface area contributed by atoms with Crippen molar-refractivity contribution in [1.82, 2.24) is 56.0 Å². The van der Waals surface area contributed by atoms with Crippen molar-refractivity contribution in [2.24, 2.45) is 47.3 Å². The first-order valence-corrected chi connectivity index (χ1v) is 45.9. The zero-order chi connectivity index (χ0) is 84.3. The van der Waals surface area contributed by atoms with Gasteiger partial charge in [0.05, 0.1) is 31.3 Å². The third kappa shape index (κ3) is 29.4. The molecule has 0 aromatic heterocycles. The molecule has 13 atom stereocenters. The Morgan fingerprint density at radius 1 is 0.482 bits per heavy atom. The van der Waals surface area contributed by atoms with Gasteiger partial charge in [0.15, 0.2) is 28.5 Å². The normalized spacial score (nSPS) is 24.2. The second kappa shape index (κ2) is 46.5. The highest BCUT2D eigenvalue weighted by Gasteiger charge is 2.49. The molecule has 10 amide bonds. The van der Waals surface area contributed by atoms with Gasteiger partial charge in [-0.3, -0.25) is 57.6 Å². The Morgan fingerprint density at radius 2 is 0.900 bits per heavy atom. The Hall–Kier alpha value is -6.63. The number of amides is 10. The first-order chi connectivity index (χ1) is 51.2. The molecule has 1 aromatic rings. The lowest BCUT2D eigenvalue weighted by Crippen LogP contribution is -2.66. The van der Waals surface area contributed by atoms with Crippen molar-refractivity contribution in [3.8, 4) is 0 Å². The second-order valence-electron chi connectivity index (χ2n) is 34.1. The van der Waals surface area contributed by atoms with E-state index in [0.717, 1.165) is 5.56 Å². The van der Waals surface area contributed by atoms with Crippen LogP contribution in [-0.2, 0) is 77.7 Å². The number of benzene rings is 1. The van der Waals surface area contributed by atoms with Gasteiger partial charge in [0.1, 0.15) is 48.3 Å². The standard InChI is InChI=1S/C82H147N11O15Si2/c1-30-109(31-2,32-3)107-59(23)68-79(102)89(25)49-61(94)48-88(24)64(43-52(11)12)73(96)85-62(41-50(7)8)77(100)90(26)65(44-53(13)14)74(97)84-58(22)82(105)106-71(56(19)20)81(104)91(27)66(45-54(15)16)75(98)86-63(42-51(9)10)78(101)92(28)69(55(17)18)80(103)93(29)70(76(99)87-68)72(108-110(33-4,34-5)35-6)57(21)46-67(95)83-47-60-39-37-36-38-40-60/h36-40,50-59,62-66,68-72H,30-35,41-49H2,1-29H3,(H,83,95)(H,84,97)(H,85,96)(H,86,98)(H,87,99)/t57-,58+,59-,62-,63+,64+,65-,66+,68+,69-,70-,71+,72-/m1/s1. The fraction of sp³-hybridized carbons (Fsp3) is 0.780. The molecule has 0 aliphatic carbocycles. The molecule has 26 nitrogen and oxygen atoms in total. The van der Waals surface area contributed by atoms with Crippen molar-refractivity contribution < 1.29 is 71.1 Å². The number of rotatable bonds is 29. The summed E-state index contributed by atoms with van der Waals surface area (Å²) in [7, 11) is 3.34. The molecular weight excluding hydrogens is 1440 g/mol. The molecule has 1 heterocycles. The van der Waals surface area contributed by atoms with Crippen molar-refractivity contribution in [3.63, 3.8) is 0 Å². The first kappa shape index (κ1) is 99.5. The molecular formula is C82H147N11O15Si2. The van der Waals surface area contributed by atoms with Crippen LogP contribution in [0.5, 0.6) is 0 Å². The molecule has 1 aliphatic heterocycles. The van der Waals surface area contributed by atoms with Gasteiger partial charge in [-0.05, 0) is 142 Å². The zero-order valence-corrected chi connectivity index (χ0v) is 74.8. The molecule has 1 aliphatic rings. The number of likely N-dealkylation sites (N-methyl/N-ethyl adjacent to an activating group) is 6. The van der Waals surface area contributed by atoms with E-state index < -0.39 is 179 Å². The van der Waals surface area contributed by atoms with Crippen LogP contribution in [0.25, 0.3) is 0 Å². The summed E-state index contributed by atoms with van der Waals surface area (Å²) >= 11 is 0. The summed E-state index contributed by atoms with van der Waals surface area (Å²) in [5.74, 6) is -10.9. The molecule has 110 heavy (non-hydrogen) atoms. The van der Waals surface area contributed by atoms with Crippen molar-refractivity contribution in [2.75, 3.05) is 55.4 Å². The molecule has 0 bridgehead atoms. The number of esters is 1. The van der Waals surface area contributed by atoms with E-state index in [9.17, 15) is 33.6 Å². The number of carbonyl (C=O) groups is 12. The summed E-state index contributed by atoms with van der Waals surface area (Å²) in [6.07, 6.45) is -3.19. The van der Waals surface area contributed by atoms with Crippen molar-refractivity contribution in [1.29, 1.82) is 0 Å². The highest BCUT2D eigenvalue weighted by atomic mass is 28.4. The fourth-order valence-electron chi connectivity index (χ4n) is 14.8. The molecule has 0 radical (unpaired) electrons. The Morgan fingerprint density at radius 3 is 1.35 bits per heavy atom. The molecule has 0 spiro atoms. The Labute approximate surface area is 663 Å². The van der Waals surface area contributed by atoms with E-state index in [2.05, 4.69) is 26.6 Å². The van der Waals surface area contributed by atoms with Gasteiger partial charge in [0.25, 0.3) is 5.91 Å². The molecule has 1 saturated heterocycles. The molecule has 0 unspecified atom stereocenters. The Bertz CT molecular complexity index is 3130. The maximum atomic E-state index is 16.5. The molecule has 1 aromatic carbocycles. The van der Waals surface area contributed by atoms with Gasteiger partial charge >= 0.3 is 5.97 Å². The molecule has 1 fully saturated rings. The largest absolute Gasteiger partial charge is 0.450 e. The molecule has 628 valence electrons. The summed E-state index contributed by atoms with van der Waals surface area (Å²) in [5, 5.41) is 14.8. The van der Waals surface area contributed by atoms with Gasteiger partial charge in [-0.2, -0.15) is 0 Å². The molecule has 2 rings (SSSR count). The molecule has 0 saturated carbocycles. The van der Waals surface area contributed by atoms with Crippen molar-refractivity contribution in [2.45, 2.75) is 313 Å². The number of Topliss-reactive ketones (excluding diaryl/α,β-unsaturated/α-hetero) is 1. The minimum atomic E-state index is -2.88. The van der Waals surface area contributed by atoms with Gasteiger partial charge in [0.2, 0.25) is 53.2 Å². The summed E-state index contributed by atoms with van der Waals surface area (Å²) in [6, 6.07) is 1.50. The summed E-state index contributed by atoms with van der Waals surface area (Å²) < 4.78 is 20.6. The maximum Gasteiger partial charge on any atom is 0.329 e. The lowest BCUT2D eigenvalue weighted by Gasteiger charge is -2.44. The van der Waals surface area contributed by atoms with E-state index >= 15 is 24.0 Å². The zero-order valence-electron chi connectivity index (χ0n) is 72.8. The van der Waals surface area contributed by atoms with Crippen molar-refractivity contribution in [3.05, 3.63) is 35.9 Å². The third-order valence-electron chi connectivity index (χ3n) is 21.9. The van der Waals surface area contributed by atoms with E-state index in [1.165, 1.54) is 66.7 Å². The number of cyclic esters (lactones) is 1. The van der Waals surface area contributed by atoms with Crippen LogP contribution in [0.1, 0.15) is 203 Å². The number of nitrogens with one attached hydrogen (secondary N) is 5. The van der Waals surface area contributed by atoms with Crippen LogP contribution in [0.15, 0.2) is 30.3 Å². The van der Waals surface area contributed by atoms with E-state index in [1.807, 2.05) is 141 Å². The number of hydrogen-bond donors (Lipinski definition) is 5. The van der Waals surface area contributed by atoms with Crippen LogP contribution in [0, 0.1) is 47.3 Å². The fourth-order valence-corrected chi connectivity index (χ4v) is 20.6. The summed E-state index contributed by atoms with van der Waals surface area (Å²) in [5.41, 5.74) is 0.854. The minimum Gasteiger partial charge on any atom is -0.450 e. The Kier molecular flexibility index (Phi) is 42.1. The third-order valence-corrected chi connectivity index (χ3v) is 31.3. The van der Waals surface area contributed by atoms with E-state index in [-0.39, 0.29) is 87.1 Å². The lowest BCUT2D eigenvalue weighted by atomic mass is 9.91. The van der Waals surface area contributed by atoms with Gasteiger partial charge < -0.3 is 64.7 Å². The van der Waals surface area contributed by atoms with Crippen LogP contribution in [0.4, 0.5) is 0 Å². The average molecular weight is 1580 g/mol. The SMILES string of the molecule is CC[Si](CC)(CC)O[C@H]([C@H](C)CC(=O)NCc1ccccc1)[C@@H]1C(=O)N[C@@H]([C@@H](C)O[Si](CC)(CC)CC)C(=O)N(C)CC(=O)CN(C)[C@@H](CC(C)C)C(=O)N[C@H](CC(C)C)C(=O)N(C)[C@H](CC(C)C)C(=O)N[C@@H](C)C(=O)O[C@@H](C(C)C)C(=O)N(C)[C@@H](CC(C)C)C(=O)N[C@@H](CC(C)C)C(=O)N(C)[C@H](C(C)C)C(=O)N1C. The minimum absolute atomic E-state index is 0.0780. The summed E-state index contributed by atoms with van der Waals surface area (Å²) in [4.78, 5) is 190. The van der Waals surface area contributed by atoms with Gasteiger partial charge in [-0.1, -0.05) is 176 Å². The first-order valence-electron chi connectivity index (χ1n) is 40.8. The van der Waals surface area contributed by atoms with Crippen LogP contribution in [0.2, 0.25) is 36.3 Å². The lowest BCUT2D eigenvalue weighted by molar-refractivity contribution is -0.166. The predicted octanol–water partition coefficient (Wildman–Crippen LogP) is 9.19. The van der Waals surface area contributed by atoms with E-state index in [0.29, 0.717) is 36.3 Å². The van der Waals surface area contributed by atoms with Crippen LogP contribution < -0.4 is 26.6 Å². The predicted molar refractivity (Wildman–Crippen MR) is 437 cm³/mol. The van der Waals surface area contributed by atoms with Gasteiger partial charge in [0, 0.05) is 48.2 Å². The van der Waals surface area contributed by atoms with E-state index in [1.54, 1.807) is 53.5 Å². The number of ketones is 1. The van der Waals surface area contributed by atoms with Crippen molar-refractivity contribution >= 4 is 87.5 Å². The number of ether oxygens (including phenoxy) is 1. The number of nitrogens with zero attached hydrogens (tertiary/aromatic N) is 6. The molecule has 5 N–H and O–H groups in total. The van der Waals surface area contributed by atoms with Crippen LogP contribution >= 0.6 is 0 Å². The maximum absolute atomic E-state index is 16.5. The number of hydrogen-bond acceptors (Lipinski definition) is 16. The smallest absolute Gasteiger partial charge is 0.329 e. The quantitative estimate of drug-likeness (QED) is 0.0369. The number of carbonyl (C=O) groups excluding carboxylic acids is 12. The van der Waals surface area contributed by atoms with Gasteiger partial charge in [-0.15, -0.1) is 0 Å². The summed E-state index contributed by atoms with van der Waals surface area (Å²) in [6.45, 7) is 42.1. The average Bonchev–Trinajstić information content (AvgIpc) is 0.782. The van der Waals surface area contributed by atoms with Crippen LogP contribution in [0.3, 0.4) is 0 Å². The monoisotopic (exact) mass is 1580 g/mol. The Balaban J connectivity index is 3.34. The highest BCUT2D eigenvalue weighted by molar-refractivity contribution is 6.74. The van der Waals surface area contributed by atoms with E-state index in [4.69, 9.17) is 13.6 Å². The molecule has 28 heteroatoms. The van der Waals surface area contributed by atoms with Gasteiger partial charge in [-0.25, -0.2) is 4.79 Å². The highest BCUT2D eigenvalue weighted by Crippen LogP contribution is 2.33. The second-order valence-corrected chi connectivity index (χ2v) is 43.5. The van der Waals surface area contributed by atoms with Crippen LogP contribution in [-0.4, -0.2) is 245 Å².